The number of aryl methyl sites for hydroxylation is 1. The number of ether oxygens (including phenoxy) is 3. The second-order valence-electron chi connectivity index (χ2n) is 7.40. The molecule has 3 aromatic rings. The average Bonchev–Trinajstić information content (AvgIpc) is 3.18. The minimum absolute atomic E-state index is 0.0133. The van der Waals surface area contributed by atoms with Crippen molar-refractivity contribution in [1.29, 1.82) is 0 Å². The molecule has 34 heavy (non-hydrogen) atoms. The highest BCUT2D eigenvalue weighted by Gasteiger charge is 2.25. The summed E-state index contributed by atoms with van der Waals surface area (Å²) < 4.78 is 17.6. The Hall–Kier alpha value is -3.73. The van der Waals surface area contributed by atoms with Crippen molar-refractivity contribution in [2.75, 3.05) is 7.11 Å². The number of nitro groups is 1. The standard InChI is InChI=1S/C25H19IN2O6/c1-15-10-18(8-9-21(15)28(30)31)24-27-20(25(29)34-24)12-17-11-19(26)23(22(13-17)32-2)33-14-16-6-4-3-5-7-16/h3-13H,14H2,1-2H3/b20-12-. The van der Waals surface area contributed by atoms with Gasteiger partial charge in [0.15, 0.2) is 17.2 Å². The Morgan fingerprint density at radius 3 is 2.59 bits per heavy atom. The molecule has 1 heterocycles. The lowest BCUT2D eigenvalue weighted by molar-refractivity contribution is -0.385. The third kappa shape index (κ3) is 5.09. The fourth-order valence-corrected chi connectivity index (χ4v) is 4.16. The quantitative estimate of drug-likeness (QED) is 0.123. The van der Waals surface area contributed by atoms with Gasteiger partial charge in [-0.05, 0) is 71.0 Å². The van der Waals surface area contributed by atoms with E-state index in [9.17, 15) is 14.9 Å². The molecule has 0 amide bonds. The van der Waals surface area contributed by atoms with E-state index in [1.807, 2.05) is 36.4 Å². The van der Waals surface area contributed by atoms with Gasteiger partial charge in [0.1, 0.15) is 6.61 Å². The highest BCUT2D eigenvalue weighted by Crippen LogP contribution is 2.35. The van der Waals surface area contributed by atoms with E-state index in [1.165, 1.54) is 12.1 Å². The number of hydrogen-bond acceptors (Lipinski definition) is 7. The van der Waals surface area contributed by atoms with Crippen molar-refractivity contribution < 1.29 is 23.9 Å². The number of carbonyl (C=O) groups excluding carboxylic acids is 1. The zero-order valence-electron chi connectivity index (χ0n) is 18.3. The first-order valence-electron chi connectivity index (χ1n) is 10.2. The molecule has 0 bridgehead atoms. The maximum absolute atomic E-state index is 12.4. The summed E-state index contributed by atoms with van der Waals surface area (Å²) in [6.45, 7) is 2.01. The molecular weight excluding hydrogens is 551 g/mol. The van der Waals surface area contributed by atoms with Gasteiger partial charge >= 0.3 is 5.97 Å². The van der Waals surface area contributed by atoms with Gasteiger partial charge in [-0.1, -0.05) is 30.3 Å². The first kappa shape index (κ1) is 23.4. The van der Waals surface area contributed by atoms with Crippen molar-refractivity contribution in [1.82, 2.24) is 0 Å². The molecule has 4 rings (SSSR count). The van der Waals surface area contributed by atoms with Crippen LogP contribution in [0.4, 0.5) is 5.69 Å². The number of rotatable bonds is 7. The molecule has 0 spiro atoms. The Morgan fingerprint density at radius 2 is 1.91 bits per heavy atom. The zero-order valence-corrected chi connectivity index (χ0v) is 20.4. The summed E-state index contributed by atoms with van der Waals surface area (Å²) in [7, 11) is 1.55. The summed E-state index contributed by atoms with van der Waals surface area (Å²) in [6, 6.07) is 17.8. The first-order valence-corrected chi connectivity index (χ1v) is 11.3. The van der Waals surface area contributed by atoms with Crippen LogP contribution < -0.4 is 9.47 Å². The van der Waals surface area contributed by atoms with Crippen molar-refractivity contribution in [3.05, 3.63) is 102 Å². The van der Waals surface area contributed by atoms with Gasteiger partial charge in [-0.3, -0.25) is 10.1 Å². The van der Waals surface area contributed by atoms with E-state index in [0.29, 0.717) is 34.8 Å². The maximum atomic E-state index is 12.4. The van der Waals surface area contributed by atoms with Crippen LogP contribution in [0.15, 0.2) is 71.4 Å². The Labute approximate surface area is 209 Å². The summed E-state index contributed by atoms with van der Waals surface area (Å²) in [5.41, 5.74) is 2.75. The number of nitro benzene ring substituents is 1. The third-order valence-corrected chi connectivity index (χ3v) is 5.84. The lowest BCUT2D eigenvalue weighted by atomic mass is 10.1. The van der Waals surface area contributed by atoms with Crippen LogP contribution in [0.5, 0.6) is 11.5 Å². The molecule has 0 saturated heterocycles. The van der Waals surface area contributed by atoms with Gasteiger partial charge in [0.05, 0.1) is 15.6 Å². The average molecular weight is 570 g/mol. The van der Waals surface area contributed by atoms with Crippen molar-refractivity contribution in [3.63, 3.8) is 0 Å². The van der Waals surface area contributed by atoms with Gasteiger partial charge in [0, 0.05) is 17.2 Å². The van der Waals surface area contributed by atoms with Crippen molar-refractivity contribution in [2.24, 2.45) is 4.99 Å². The topological polar surface area (TPSA) is 100 Å². The molecule has 0 fully saturated rings. The predicted molar refractivity (Wildman–Crippen MR) is 135 cm³/mol. The van der Waals surface area contributed by atoms with Crippen molar-refractivity contribution in [2.45, 2.75) is 13.5 Å². The summed E-state index contributed by atoms with van der Waals surface area (Å²) in [5, 5.41) is 11.0. The number of carbonyl (C=O) groups is 1. The lowest BCUT2D eigenvalue weighted by Gasteiger charge is -2.13. The second-order valence-corrected chi connectivity index (χ2v) is 8.57. The zero-order chi connectivity index (χ0) is 24.2. The fraction of sp³-hybridized carbons (Fsp3) is 0.120. The van der Waals surface area contributed by atoms with E-state index in [0.717, 1.165) is 9.13 Å². The molecule has 0 aliphatic carbocycles. The van der Waals surface area contributed by atoms with Crippen LogP contribution >= 0.6 is 22.6 Å². The third-order valence-electron chi connectivity index (χ3n) is 5.04. The van der Waals surface area contributed by atoms with E-state index in [2.05, 4.69) is 27.6 Å². The van der Waals surface area contributed by atoms with Crippen LogP contribution in [-0.2, 0) is 16.1 Å². The Kier molecular flexibility index (Phi) is 6.92. The second kappa shape index (κ2) is 10.0. The number of esters is 1. The van der Waals surface area contributed by atoms with Gasteiger partial charge in [0.25, 0.3) is 5.69 Å². The molecule has 0 aromatic heterocycles. The minimum Gasteiger partial charge on any atom is -0.493 e. The molecule has 1 aliphatic rings. The Balaban J connectivity index is 1.60. The molecule has 0 unspecified atom stereocenters. The van der Waals surface area contributed by atoms with E-state index in [1.54, 1.807) is 32.2 Å². The summed E-state index contributed by atoms with van der Waals surface area (Å²) >= 11 is 2.15. The van der Waals surface area contributed by atoms with Gasteiger partial charge in [-0.25, -0.2) is 9.79 Å². The van der Waals surface area contributed by atoms with Crippen LogP contribution in [-0.4, -0.2) is 23.9 Å². The Bertz CT molecular complexity index is 1330. The van der Waals surface area contributed by atoms with Crippen molar-refractivity contribution in [3.8, 4) is 11.5 Å². The molecule has 172 valence electrons. The molecule has 0 atom stereocenters. The maximum Gasteiger partial charge on any atom is 0.363 e. The lowest BCUT2D eigenvalue weighted by Crippen LogP contribution is -2.06. The van der Waals surface area contributed by atoms with Crippen LogP contribution in [0, 0.1) is 20.6 Å². The van der Waals surface area contributed by atoms with Gasteiger partial charge in [-0.15, -0.1) is 0 Å². The van der Waals surface area contributed by atoms with Gasteiger partial charge in [-0.2, -0.15) is 0 Å². The first-order chi connectivity index (χ1) is 16.4. The fourth-order valence-electron chi connectivity index (χ4n) is 3.38. The monoisotopic (exact) mass is 570 g/mol. The minimum atomic E-state index is -0.607. The number of nitrogens with zero attached hydrogens (tertiary/aromatic N) is 2. The number of cyclic esters (lactones) is 1. The molecule has 0 saturated carbocycles. The smallest absolute Gasteiger partial charge is 0.363 e. The molecule has 0 radical (unpaired) electrons. The van der Waals surface area contributed by atoms with Crippen LogP contribution in [0.1, 0.15) is 22.3 Å². The molecule has 3 aromatic carbocycles. The van der Waals surface area contributed by atoms with E-state index in [4.69, 9.17) is 14.2 Å². The van der Waals surface area contributed by atoms with Gasteiger partial charge in [0.2, 0.25) is 5.90 Å². The molecule has 8 nitrogen and oxygen atoms in total. The summed E-state index contributed by atoms with van der Waals surface area (Å²) in [5.74, 6) is 0.619. The Morgan fingerprint density at radius 1 is 1.15 bits per heavy atom. The predicted octanol–water partition coefficient (Wildman–Crippen LogP) is 5.44. The van der Waals surface area contributed by atoms with Crippen LogP contribution in [0.25, 0.3) is 6.08 Å². The van der Waals surface area contributed by atoms with Crippen LogP contribution in [0.3, 0.4) is 0 Å². The highest BCUT2D eigenvalue weighted by atomic mass is 127. The molecule has 9 heteroatoms. The molecule has 1 aliphatic heterocycles. The number of benzene rings is 3. The summed E-state index contributed by atoms with van der Waals surface area (Å²) in [4.78, 5) is 27.3. The number of hydrogen-bond donors (Lipinski definition) is 0. The molecular formula is C25H19IN2O6. The van der Waals surface area contributed by atoms with Crippen molar-refractivity contribution >= 4 is 46.2 Å². The number of aliphatic imine (C=N–C) groups is 1. The van der Waals surface area contributed by atoms with Crippen LogP contribution in [0.2, 0.25) is 0 Å². The summed E-state index contributed by atoms with van der Waals surface area (Å²) in [6.07, 6.45) is 1.60. The SMILES string of the molecule is COc1cc(/C=C2\N=C(c3ccc([N+](=O)[O-])c(C)c3)OC2=O)cc(I)c1OCc1ccccc1. The number of methoxy groups -OCH3 is 1. The van der Waals surface area contributed by atoms with E-state index in [-0.39, 0.29) is 17.3 Å². The highest BCUT2D eigenvalue weighted by molar-refractivity contribution is 14.1. The normalized spacial score (nSPS) is 14.0. The van der Waals surface area contributed by atoms with E-state index < -0.39 is 10.9 Å². The number of halogens is 1. The molecule has 0 N–H and O–H groups in total. The van der Waals surface area contributed by atoms with E-state index >= 15 is 0 Å². The largest absolute Gasteiger partial charge is 0.493 e. The van der Waals surface area contributed by atoms with Gasteiger partial charge < -0.3 is 14.2 Å².